The Morgan fingerprint density at radius 1 is 0.906 bits per heavy atom. The van der Waals surface area contributed by atoms with Crippen molar-refractivity contribution < 1.29 is 47.7 Å². The maximum Gasteiger partial charge on any atom is 0.333 e. The molecule has 12 nitrogen and oxygen atoms in total. The lowest BCUT2D eigenvalue weighted by Gasteiger charge is -2.18. The number of carbonyl (C=O) groups excluding carboxylic acids is 4. The predicted octanol–water partition coefficient (Wildman–Crippen LogP) is -0.0611. The third-order valence-corrected chi connectivity index (χ3v) is 4.21. The fraction of sp³-hybridized carbons (Fsp3) is 0.800. The van der Waals surface area contributed by atoms with Crippen molar-refractivity contribution in [3.8, 4) is 0 Å². The lowest BCUT2D eigenvalue weighted by atomic mass is 10.2. The molecule has 0 aromatic heterocycles. The summed E-state index contributed by atoms with van der Waals surface area (Å²) in [6.07, 6.45) is 0.391. The summed E-state index contributed by atoms with van der Waals surface area (Å²) in [4.78, 5) is 51.1. The van der Waals surface area contributed by atoms with E-state index in [9.17, 15) is 19.2 Å². The molecule has 32 heavy (non-hydrogen) atoms. The minimum absolute atomic E-state index is 0.0408. The maximum absolute atomic E-state index is 11.9. The number of nitrogens with zero attached hydrogens (tertiary/aromatic N) is 1. The molecule has 184 valence electrons. The number of imide groups is 1. The molecular formula is C20H34N2O10. The van der Waals surface area contributed by atoms with Gasteiger partial charge >= 0.3 is 5.97 Å². The van der Waals surface area contributed by atoms with Gasteiger partial charge in [0.2, 0.25) is 5.91 Å². The number of carbonyl (C=O) groups is 4. The van der Waals surface area contributed by atoms with Crippen molar-refractivity contribution in [3.05, 3.63) is 0 Å². The van der Waals surface area contributed by atoms with Crippen LogP contribution in [0, 0.1) is 0 Å². The summed E-state index contributed by atoms with van der Waals surface area (Å²) in [5.74, 6) is -2.00. The van der Waals surface area contributed by atoms with Crippen LogP contribution in [0.4, 0.5) is 0 Å². The first-order valence-electron chi connectivity index (χ1n) is 10.6. The molecule has 1 aliphatic heterocycles. The fourth-order valence-corrected chi connectivity index (χ4v) is 2.53. The van der Waals surface area contributed by atoms with Crippen molar-refractivity contribution in [2.75, 3.05) is 60.4 Å². The molecule has 1 N–H and O–H groups in total. The number of hydrogen-bond donors (Lipinski definition) is 1. The van der Waals surface area contributed by atoms with Crippen LogP contribution >= 0.6 is 0 Å². The van der Waals surface area contributed by atoms with Crippen LogP contribution in [-0.2, 0) is 47.7 Å². The summed E-state index contributed by atoms with van der Waals surface area (Å²) >= 11 is 0. The smallest absolute Gasteiger partial charge is 0.333 e. The minimum atomic E-state index is -0.720. The highest BCUT2D eigenvalue weighted by molar-refractivity contribution is 6.01. The van der Waals surface area contributed by atoms with E-state index in [1.54, 1.807) is 14.2 Å². The summed E-state index contributed by atoms with van der Waals surface area (Å²) in [5, 5.41) is 3.23. The molecule has 1 saturated heterocycles. The van der Waals surface area contributed by atoms with Crippen LogP contribution in [0.2, 0.25) is 0 Å². The second kappa shape index (κ2) is 17.4. The largest absolute Gasteiger partial charge is 0.382 e. The quantitative estimate of drug-likeness (QED) is 0.158. The molecule has 0 aromatic carbocycles. The van der Waals surface area contributed by atoms with Gasteiger partial charge in [0.25, 0.3) is 11.8 Å². The van der Waals surface area contributed by atoms with Gasteiger partial charge in [0, 0.05) is 46.4 Å². The van der Waals surface area contributed by atoms with E-state index < -0.39 is 24.1 Å². The number of nitrogens with one attached hydrogen (secondary N) is 1. The normalized spacial score (nSPS) is 14.6. The number of amides is 3. The second-order valence-corrected chi connectivity index (χ2v) is 6.83. The molecule has 1 unspecified atom stereocenters. The molecule has 0 spiro atoms. The van der Waals surface area contributed by atoms with Crippen molar-refractivity contribution in [2.45, 2.75) is 44.8 Å². The summed E-state index contributed by atoms with van der Waals surface area (Å²) in [6.45, 7) is 2.72. The molecule has 0 saturated carbocycles. The van der Waals surface area contributed by atoms with Gasteiger partial charge in [-0.15, -0.1) is 5.06 Å². The van der Waals surface area contributed by atoms with Crippen LogP contribution in [0.1, 0.15) is 38.5 Å². The molecule has 1 aliphatic rings. The number of rotatable bonds is 19. The lowest BCUT2D eigenvalue weighted by molar-refractivity contribution is -0.197. The summed E-state index contributed by atoms with van der Waals surface area (Å²) in [7, 11) is 3.17. The number of hydrogen-bond acceptors (Lipinski definition) is 10. The van der Waals surface area contributed by atoms with Crippen molar-refractivity contribution in [2.24, 2.45) is 0 Å². The SMILES string of the molecule is COCCOCC(OCCCNC(=O)CCCC(=O)ON1C(=O)CCC1=O)OCCOC. The van der Waals surface area contributed by atoms with Gasteiger partial charge in [-0.2, -0.15) is 0 Å². The lowest BCUT2D eigenvalue weighted by Crippen LogP contribution is -2.32. The first kappa shape index (κ1) is 27.9. The molecule has 12 heteroatoms. The van der Waals surface area contributed by atoms with Gasteiger partial charge in [-0.3, -0.25) is 14.4 Å². The van der Waals surface area contributed by atoms with E-state index in [0.717, 1.165) is 0 Å². The zero-order valence-corrected chi connectivity index (χ0v) is 18.8. The number of hydroxylamine groups is 2. The molecule has 0 radical (unpaired) electrons. The van der Waals surface area contributed by atoms with Crippen LogP contribution < -0.4 is 5.32 Å². The van der Waals surface area contributed by atoms with Crippen LogP contribution in [-0.4, -0.2) is 95.4 Å². The summed E-state index contributed by atoms with van der Waals surface area (Å²) < 4.78 is 26.4. The first-order valence-corrected chi connectivity index (χ1v) is 10.6. The average molecular weight is 462 g/mol. The monoisotopic (exact) mass is 462 g/mol. The van der Waals surface area contributed by atoms with Gasteiger partial charge < -0.3 is 33.8 Å². The summed E-state index contributed by atoms with van der Waals surface area (Å²) in [6, 6.07) is 0. The molecule has 0 aliphatic carbocycles. The van der Waals surface area contributed by atoms with Gasteiger partial charge in [0.15, 0.2) is 6.29 Å². The van der Waals surface area contributed by atoms with Crippen LogP contribution in [0.15, 0.2) is 0 Å². The highest BCUT2D eigenvalue weighted by Gasteiger charge is 2.32. The molecule has 1 rings (SSSR count). The van der Waals surface area contributed by atoms with Crippen LogP contribution in [0.5, 0.6) is 0 Å². The van der Waals surface area contributed by atoms with Gasteiger partial charge in [-0.25, -0.2) is 4.79 Å². The maximum atomic E-state index is 11.9. The minimum Gasteiger partial charge on any atom is -0.382 e. The first-order chi connectivity index (χ1) is 15.5. The van der Waals surface area contributed by atoms with E-state index in [1.165, 1.54) is 0 Å². The third-order valence-electron chi connectivity index (χ3n) is 4.21. The van der Waals surface area contributed by atoms with Gasteiger partial charge in [-0.1, -0.05) is 0 Å². The van der Waals surface area contributed by atoms with Gasteiger partial charge in [-0.05, 0) is 12.8 Å². The Balaban J connectivity index is 2.10. The highest BCUT2D eigenvalue weighted by atomic mass is 16.7. The number of ether oxygens (including phenoxy) is 5. The zero-order chi connectivity index (χ0) is 23.6. The fourth-order valence-electron chi connectivity index (χ4n) is 2.53. The zero-order valence-electron chi connectivity index (χ0n) is 18.8. The van der Waals surface area contributed by atoms with Crippen molar-refractivity contribution in [1.82, 2.24) is 10.4 Å². The van der Waals surface area contributed by atoms with Gasteiger partial charge in [0.05, 0.1) is 39.6 Å². The summed E-state index contributed by atoms with van der Waals surface area (Å²) in [5.41, 5.74) is 0. The van der Waals surface area contributed by atoms with E-state index in [2.05, 4.69) is 5.32 Å². The van der Waals surface area contributed by atoms with Gasteiger partial charge in [0.1, 0.15) is 0 Å². The van der Waals surface area contributed by atoms with Crippen molar-refractivity contribution >= 4 is 23.7 Å². The Morgan fingerprint density at radius 3 is 2.25 bits per heavy atom. The van der Waals surface area contributed by atoms with E-state index in [4.69, 9.17) is 28.5 Å². The molecule has 1 heterocycles. The molecule has 1 fully saturated rings. The van der Waals surface area contributed by atoms with E-state index in [1.807, 2.05) is 0 Å². The molecular weight excluding hydrogens is 428 g/mol. The molecule has 1 atom stereocenters. The predicted molar refractivity (Wildman–Crippen MR) is 109 cm³/mol. The molecule has 0 aromatic rings. The Morgan fingerprint density at radius 2 is 1.56 bits per heavy atom. The second-order valence-electron chi connectivity index (χ2n) is 6.83. The third kappa shape index (κ3) is 12.7. The van der Waals surface area contributed by atoms with E-state index in [0.29, 0.717) is 51.1 Å². The highest BCUT2D eigenvalue weighted by Crippen LogP contribution is 2.13. The number of methoxy groups -OCH3 is 2. The molecule has 0 bridgehead atoms. The van der Waals surface area contributed by atoms with E-state index >= 15 is 0 Å². The van der Waals surface area contributed by atoms with Crippen LogP contribution in [0.3, 0.4) is 0 Å². The van der Waals surface area contributed by atoms with Crippen molar-refractivity contribution in [1.29, 1.82) is 0 Å². The standard InChI is InChI=1S/C20H34N2O10/c1-27-11-13-29-15-20(31-14-12-28-2)30-10-4-9-21-16(23)5-3-6-19(26)32-22-17(24)7-8-18(22)25/h20H,3-15H2,1-2H3,(H,21,23). The van der Waals surface area contributed by atoms with Crippen molar-refractivity contribution in [3.63, 3.8) is 0 Å². The van der Waals surface area contributed by atoms with E-state index in [-0.39, 0.29) is 44.6 Å². The Bertz CT molecular complexity index is 571. The van der Waals surface area contributed by atoms with Crippen LogP contribution in [0.25, 0.3) is 0 Å². The Hall–Kier alpha value is -2.12. The topological polar surface area (TPSA) is 139 Å². The average Bonchev–Trinajstić information content (AvgIpc) is 3.08. The Labute approximate surface area is 187 Å². The molecule has 3 amide bonds. The Kier molecular flexibility index (Phi) is 15.2.